The smallest absolute Gasteiger partial charge is 0.270 e. The highest BCUT2D eigenvalue weighted by molar-refractivity contribution is 9.10. The minimum Gasteiger partial charge on any atom is -0.307 e. The van der Waals surface area contributed by atoms with E-state index in [0.717, 1.165) is 16.1 Å². The van der Waals surface area contributed by atoms with Crippen LogP contribution in [-0.2, 0) is 6.54 Å². The number of nitro groups is 1. The molecule has 0 aliphatic carbocycles. The monoisotopic (exact) mass is 434 g/mol. The molecule has 3 aromatic rings. The van der Waals surface area contributed by atoms with Crippen molar-refractivity contribution in [3.8, 4) is 0 Å². The maximum atomic E-state index is 12.5. The number of rotatable bonds is 5. The molecule has 0 saturated carbocycles. The number of carbonyl (C=O) groups is 1. The largest absolute Gasteiger partial charge is 0.307 e. The molecule has 26 heavy (non-hydrogen) atoms. The van der Waals surface area contributed by atoms with Gasteiger partial charge in [0, 0.05) is 22.7 Å². The number of anilines is 1. The number of carbonyl (C=O) groups excluding carboxylic acids is 1. The standard InChI is InChI=1S/C17H12BrClN4O3/c18-12-3-1-2-11(8-12)10-22-16(6-7-20-22)21-17(24)14-5-4-13(23(25)26)9-15(14)19/h1-9H,10H2,(H,21,24). The number of nitrogens with one attached hydrogen (secondary N) is 1. The fourth-order valence-electron chi connectivity index (χ4n) is 2.36. The van der Waals surface area contributed by atoms with Gasteiger partial charge in [-0.15, -0.1) is 0 Å². The normalized spacial score (nSPS) is 10.5. The number of amides is 1. The molecular formula is C17H12BrClN4O3. The first-order valence-corrected chi connectivity index (χ1v) is 8.62. The minimum atomic E-state index is -0.569. The molecule has 1 aromatic heterocycles. The van der Waals surface area contributed by atoms with E-state index < -0.39 is 10.8 Å². The van der Waals surface area contributed by atoms with Crippen molar-refractivity contribution >= 4 is 44.9 Å². The zero-order valence-corrected chi connectivity index (χ0v) is 15.6. The lowest BCUT2D eigenvalue weighted by Gasteiger charge is -2.10. The number of halogens is 2. The van der Waals surface area contributed by atoms with Gasteiger partial charge in [0.15, 0.2) is 0 Å². The maximum absolute atomic E-state index is 12.5. The van der Waals surface area contributed by atoms with E-state index in [9.17, 15) is 14.9 Å². The highest BCUT2D eigenvalue weighted by atomic mass is 79.9. The Morgan fingerprint density at radius 2 is 2.08 bits per heavy atom. The number of hydrogen-bond acceptors (Lipinski definition) is 4. The van der Waals surface area contributed by atoms with Crippen molar-refractivity contribution in [3.63, 3.8) is 0 Å². The Kier molecular flexibility index (Phi) is 5.34. The summed E-state index contributed by atoms with van der Waals surface area (Å²) >= 11 is 9.42. The van der Waals surface area contributed by atoms with Crippen LogP contribution in [0.4, 0.5) is 11.5 Å². The molecule has 1 N–H and O–H groups in total. The molecule has 0 spiro atoms. The van der Waals surface area contributed by atoms with Gasteiger partial charge in [0.2, 0.25) is 0 Å². The third-order valence-corrected chi connectivity index (χ3v) is 4.39. The van der Waals surface area contributed by atoms with Gasteiger partial charge >= 0.3 is 0 Å². The Morgan fingerprint density at radius 3 is 2.77 bits per heavy atom. The molecule has 0 bridgehead atoms. The molecule has 0 atom stereocenters. The van der Waals surface area contributed by atoms with Crippen LogP contribution >= 0.6 is 27.5 Å². The number of aromatic nitrogens is 2. The zero-order valence-electron chi connectivity index (χ0n) is 13.2. The van der Waals surface area contributed by atoms with Crippen LogP contribution < -0.4 is 5.32 Å². The fraction of sp³-hybridized carbons (Fsp3) is 0.0588. The number of benzene rings is 2. The van der Waals surface area contributed by atoms with Crippen molar-refractivity contribution in [1.82, 2.24) is 9.78 Å². The van der Waals surface area contributed by atoms with Gasteiger partial charge in [-0.1, -0.05) is 39.7 Å². The van der Waals surface area contributed by atoms with E-state index in [0.29, 0.717) is 12.4 Å². The van der Waals surface area contributed by atoms with E-state index in [-0.39, 0.29) is 16.3 Å². The van der Waals surface area contributed by atoms with E-state index in [1.54, 1.807) is 16.9 Å². The molecule has 0 saturated heterocycles. The van der Waals surface area contributed by atoms with Crippen molar-refractivity contribution in [1.29, 1.82) is 0 Å². The highest BCUT2D eigenvalue weighted by Gasteiger charge is 2.16. The van der Waals surface area contributed by atoms with E-state index in [1.165, 1.54) is 12.1 Å². The third-order valence-electron chi connectivity index (χ3n) is 3.59. The lowest BCUT2D eigenvalue weighted by molar-refractivity contribution is -0.384. The zero-order chi connectivity index (χ0) is 18.7. The maximum Gasteiger partial charge on any atom is 0.270 e. The van der Waals surface area contributed by atoms with Crippen LogP contribution in [0.2, 0.25) is 5.02 Å². The lowest BCUT2D eigenvalue weighted by atomic mass is 10.2. The second-order valence-corrected chi connectivity index (χ2v) is 6.70. The van der Waals surface area contributed by atoms with E-state index in [1.807, 2.05) is 24.3 Å². The molecule has 132 valence electrons. The molecule has 7 nitrogen and oxygen atoms in total. The minimum absolute atomic E-state index is 0.00903. The van der Waals surface area contributed by atoms with Gasteiger partial charge < -0.3 is 5.32 Å². The van der Waals surface area contributed by atoms with E-state index >= 15 is 0 Å². The first-order valence-electron chi connectivity index (χ1n) is 7.45. The van der Waals surface area contributed by atoms with Gasteiger partial charge in [-0.3, -0.25) is 14.9 Å². The van der Waals surface area contributed by atoms with Gasteiger partial charge in [-0.2, -0.15) is 5.10 Å². The molecule has 0 unspecified atom stereocenters. The Labute approximate surface area is 161 Å². The quantitative estimate of drug-likeness (QED) is 0.472. The summed E-state index contributed by atoms with van der Waals surface area (Å²) in [6, 6.07) is 13.1. The summed E-state index contributed by atoms with van der Waals surface area (Å²) in [6.07, 6.45) is 1.57. The molecular weight excluding hydrogens is 424 g/mol. The molecule has 1 amide bonds. The molecule has 0 fully saturated rings. The van der Waals surface area contributed by atoms with Crippen molar-refractivity contribution < 1.29 is 9.72 Å². The average Bonchev–Trinajstić information content (AvgIpc) is 3.01. The number of nitro benzene ring substituents is 1. The molecule has 1 heterocycles. The Bertz CT molecular complexity index is 990. The first-order chi connectivity index (χ1) is 12.4. The van der Waals surface area contributed by atoms with Gasteiger partial charge in [0.05, 0.1) is 28.3 Å². The highest BCUT2D eigenvalue weighted by Crippen LogP contribution is 2.23. The van der Waals surface area contributed by atoms with E-state index in [2.05, 4.69) is 26.3 Å². The van der Waals surface area contributed by atoms with Crippen molar-refractivity contribution in [2.24, 2.45) is 0 Å². The van der Waals surface area contributed by atoms with Crippen LogP contribution in [0.25, 0.3) is 0 Å². The molecule has 0 radical (unpaired) electrons. The van der Waals surface area contributed by atoms with Gasteiger partial charge in [-0.05, 0) is 23.8 Å². The molecule has 0 aliphatic heterocycles. The molecule has 0 aliphatic rings. The van der Waals surface area contributed by atoms with Crippen LogP contribution in [0.1, 0.15) is 15.9 Å². The second kappa shape index (κ2) is 7.67. The number of non-ortho nitro benzene ring substituents is 1. The summed E-state index contributed by atoms with van der Waals surface area (Å²) in [7, 11) is 0. The van der Waals surface area contributed by atoms with Gasteiger partial charge in [0.25, 0.3) is 11.6 Å². The van der Waals surface area contributed by atoms with E-state index in [4.69, 9.17) is 11.6 Å². The van der Waals surface area contributed by atoms with Crippen LogP contribution in [-0.4, -0.2) is 20.6 Å². The second-order valence-electron chi connectivity index (χ2n) is 5.38. The first kappa shape index (κ1) is 18.1. The fourth-order valence-corrected chi connectivity index (χ4v) is 3.07. The Balaban J connectivity index is 1.79. The van der Waals surface area contributed by atoms with Crippen LogP contribution in [0.5, 0.6) is 0 Å². The van der Waals surface area contributed by atoms with Crippen LogP contribution in [0.3, 0.4) is 0 Å². The average molecular weight is 436 g/mol. The number of hydrogen-bond donors (Lipinski definition) is 1. The predicted octanol–water partition coefficient (Wildman–Crippen LogP) is 4.51. The molecule has 9 heteroatoms. The van der Waals surface area contributed by atoms with Gasteiger partial charge in [-0.25, -0.2) is 4.68 Å². The SMILES string of the molecule is O=C(Nc1ccnn1Cc1cccc(Br)c1)c1ccc([N+](=O)[O-])cc1Cl. The Hall–Kier alpha value is -2.71. The lowest BCUT2D eigenvalue weighted by Crippen LogP contribution is -2.16. The van der Waals surface area contributed by atoms with Crippen LogP contribution in [0, 0.1) is 10.1 Å². The van der Waals surface area contributed by atoms with Crippen LogP contribution in [0.15, 0.2) is 59.2 Å². The van der Waals surface area contributed by atoms with Crippen molar-refractivity contribution in [2.45, 2.75) is 6.54 Å². The molecule has 3 rings (SSSR count). The summed E-state index contributed by atoms with van der Waals surface area (Å²) in [5.41, 5.74) is 0.977. The van der Waals surface area contributed by atoms with Crippen molar-refractivity contribution in [3.05, 3.63) is 85.5 Å². The number of nitrogens with zero attached hydrogens (tertiary/aromatic N) is 3. The Morgan fingerprint density at radius 1 is 1.27 bits per heavy atom. The molecule has 2 aromatic carbocycles. The summed E-state index contributed by atoms with van der Waals surface area (Å²) in [4.78, 5) is 22.7. The van der Waals surface area contributed by atoms with Crippen molar-refractivity contribution in [2.75, 3.05) is 5.32 Å². The topological polar surface area (TPSA) is 90.1 Å². The van der Waals surface area contributed by atoms with Gasteiger partial charge in [0.1, 0.15) is 5.82 Å². The third kappa shape index (κ3) is 4.09. The summed E-state index contributed by atoms with van der Waals surface area (Å²) in [6.45, 7) is 0.468. The summed E-state index contributed by atoms with van der Waals surface area (Å²) in [5, 5.41) is 17.7. The predicted molar refractivity (Wildman–Crippen MR) is 102 cm³/mol. The summed E-state index contributed by atoms with van der Waals surface area (Å²) < 4.78 is 2.59. The summed E-state index contributed by atoms with van der Waals surface area (Å²) in [5.74, 6) is 0.0188.